The molecule has 21 heavy (non-hydrogen) atoms. The number of rotatable bonds is 4. The summed E-state index contributed by atoms with van der Waals surface area (Å²) in [5.41, 5.74) is 12.2. The van der Waals surface area contributed by atoms with Crippen molar-refractivity contribution in [2.24, 2.45) is 0 Å². The Labute approximate surface area is 121 Å². The number of nitrogens with two attached hydrogens (primary N) is 2. The van der Waals surface area contributed by atoms with E-state index in [0.717, 1.165) is 5.56 Å². The predicted octanol–water partition coefficient (Wildman–Crippen LogP) is 1.10. The molecule has 0 saturated heterocycles. The minimum Gasteiger partial charge on any atom is -0.493 e. The molecule has 7 nitrogen and oxygen atoms in total. The van der Waals surface area contributed by atoms with Gasteiger partial charge in [-0.15, -0.1) is 0 Å². The summed E-state index contributed by atoms with van der Waals surface area (Å²) in [5, 5.41) is 0. The quantitative estimate of drug-likeness (QED) is 0.776. The van der Waals surface area contributed by atoms with Gasteiger partial charge in [0.15, 0.2) is 11.5 Å². The van der Waals surface area contributed by atoms with Crippen molar-refractivity contribution < 1.29 is 9.47 Å². The number of nitrogens with zero attached hydrogens (tertiary/aromatic N) is 1. The van der Waals surface area contributed by atoms with Crippen LogP contribution < -0.4 is 26.5 Å². The SMILES string of the molecule is COc1ccc(C(C)c2c(N)nc(N)[nH]c2=O)cc1OC. The molecule has 1 unspecified atom stereocenters. The predicted molar refractivity (Wildman–Crippen MR) is 80.7 cm³/mol. The van der Waals surface area contributed by atoms with Crippen molar-refractivity contribution in [3.63, 3.8) is 0 Å². The molecule has 1 heterocycles. The van der Waals surface area contributed by atoms with E-state index in [-0.39, 0.29) is 23.2 Å². The third-order valence-electron chi connectivity index (χ3n) is 3.34. The smallest absolute Gasteiger partial charge is 0.258 e. The Morgan fingerprint density at radius 1 is 1.19 bits per heavy atom. The van der Waals surface area contributed by atoms with E-state index >= 15 is 0 Å². The molecule has 2 rings (SSSR count). The van der Waals surface area contributed by atoms with Crippen molar-refractivity contribution in [1.29, 1.82) is 0 Å². The first kappa shape index (κ1) is 14.7. The largest absolute Gasteiger partial charge is 0.493 e. The lowest BCUT2D eigenvalue weighted by Gasteiger charge is -2.16. The highest BCUT2D eigenvalue weighted by Gasteiger charge is 2.19. The first-order valence-electron chi connectivity index (χ1n) is 6.35. The molecular weight excluding hydrogens is 272 g/mol. The Balaban J connectivity index is 2.50. The van der Waals surface area contributed by atoms with Gasteiger partial charge in [0.2, 0.25) is 5.95 Å². The van der Waals surface area contributed by atoms with Crippen LogP contribution in [0, 0.1) is 0 Å². The van der Waals surface area contributed by atoms with Crippen LogP contribution in [-0.2, 0) is 0 Å². The topological polar surface area (TPSA) is 116 Å². The molecular formula is C14H18N4O3. The van der Waals surface area contributed by atoms with Crippen LogP contribution in [0.3, 0.4) is 0 Å². The van der Waals surface area contributed by atoms with Crippen LogP contribution in [0.2, 0.25) is 0 Å². The van der Waals surface area contributed by atoms with Gasteiger partial charge in [-0.2, -0.15) is 4.98 Å². The number of hydrogen-bond donors (Lipinski definition) is 3. The number of methoxy groups -OCH3 is 2. The van der Waals surface area contributed by atoms with E-state index < -0.39 is 0 Å². The number of hydrogen-bond acceptors (Lipinski definition) is 6. The molecule has 7 heteroatoms. The molecule has 1 atom stereocenters. The van der Waals surface area contributed by atoms with E-state index in [0.29, 0.717) is 17.1 Å². The molecule has 0 aliphatic heterocycles. The Kier molecular flexibility index (Phi) is 4.02. The van der Waals surface area contributed by atoms with E-state index in [9.17, 15) is 4.79 Å². The van der Waals surface area contributed by atoms with Gasteiger partial charge in [0.05, 0.1) is 19.8 Å². The Hall–Kier alpha value is -2.70. The third kappa shape index (κ3) is 2.76. The van der Waals surface area contributed by atoms with E-state index in [2.05, 4.69) is 9.97 Å². The van der Waals surface area contributed by atoms with Gasteiger partial charge in [-0.3, -0.25) is 9.78 Å². The molecule has 112 valence electrons. The average molecular weight is 290 g/mol. The van der Waals surface area contributed by atoms with Crippen LogP contribution in [0.25, 0.3) is 0 Å². The maximum atomic E-state index is 12.0. The number of nitrogens with one attached hydrogen (secondary N) is 1. The van der Waals surface area contributed by atoms with Crippen LogP contribution in [0.15, 0.2) is 23.0 Å². The van der Waals surface area contributed by atoms with Crippen LogP contribution in [0.4, 0.5) is 11.8 Å². The first-order chi connectivity index (χ1) is 9.97. The molecule has 1 aromatic heterocycles. The summed E-state index contributed by atoms with van der Waals surface area (Å²) in [4.78, 5) is 18.4. The van der Waals surface area contributed by atoms with Crippen molar-refractivity contribution in [3.8, 4) is 11.5 Å². The van der Waals surface area contributed by atoms with Crippen LogP contribution in [0.5, 0.6) is 11.5 Å². The molecule has 0 amide bonds. The van der Waals surface area contributed by atoms with Crippen LogP contribution >= 0.6 is 0 Å². The van der Waals surface area contributed by atoms with Crippen LogP contribution in [-0.4, -0.2) is 24.2 Å². The summed E-state index contributed by atoms with van der Waals surface area (Å²) in [6.07, 6.45) is 0. The normalized spacial score (nSPS) is 12.0. The second-order valence-electron chi connectivity index (χ2n) is 4.59. The van der Waals surface area contributed by atoms with Crippen molar-refractivity contribution >= 4 is 11.8 Å². The van der Waals surface area contributed by atoms with E-state index in [4.69, 9.17) is 20.9 Å². The number of aromatic amines is 1. The van der Waals surface area contributed by atoms with Crippen molar-refractivity contribution in [2.45, 2.75) is 12.8 Å². The summed E-state index contributed by atoms with van der Waals surface area (Å²) < 4.78 is 10.5. The summed E-state index contributed by atoms with van der Waals surface area (Å²) in [5.74, 6) is 1.06. The van der Waals surface area contributed by atoms with Gasteiger partial charge < -0.3 is 20.9 Å². The van der Waals surface area contributed by atoms with Gasteiger partial charge in [0, 0.05) is 5.92 Å². The molecule has 0 aliphatic rings. The molecule has 5 N–H and O–H groups in total. The zero-order valence-electron chi connectivity index (χ0n) is 12.1. The van der Waals surface area contributed by atoms with Gasteiger partial charge in [-0.1, -0.05) is 13.0 Å². The summed E-state index contributed by atoms with van der Waals surface area (Å²) in [6, 6.07) is 5.43. The molecule has 0 spiro atoms. The fraction of sp³-hybridized carbons (Fsp3) is 0.286. The Morgan fingerprint density at radius 3 is 2.43 bits per heavy atom. The van der Waals surface area contributed by atoms with Crippen molar-refractivity contribution in [3.05, 3.63) is 39.7 Å². The number of H-pyrrole nitrogens is 1. The minimum absolute atomic E-state index is 0.000705. The molecule has 0 aliphatic carbocycles. The molecule has 0 radical (unpaired) electrons. The highest BCUT2D eigenvalue weighted by molar-refractivity contribution is 5.50. The van der Waals surface area contributed by atoms with Gasteiger partial charge in [0.1, 0.15) is 5.82 Å². The lowest BCUT2D eigenvalue weighted by Crippen LogP contribution is -2.21. The molecule has 0 saturated carbocycles. The van der Waals surface area contributed by atoms with Crippen molar-refractivity contribution in [1.82, 2.24) is 9.97 Å². The zero-order valence-corrected chi connectivity index (χ0v) is 12.1. The highest BCUT2D eigenvalue weighted by Crippen LogP contribution is 2.33. The number of ether oxygens (including phenoxy) is 2. The van der Waals surface area contributed by atoms with Crippen LogP contribution in [0.1, 0.15) is 24.0 Å². The third-order valence-corrected chi connectivity index (χ3v) is 3.34. The van der Waals surface area contributed by atoms with Gasteiger partial charge >= 0.3 is 0 Å². The zero-order chi connectivity index (χ0) is 15.6. The number of benzene rings is 1. The Morgan fingerprint density at radius 2 is 1.86 bits per heavy atom. The lowest BCUT2D eigenvalue weighted by atomic mass is 9.94. The maximum Gasteiger partial charge on any atom is 0.258 e. The fourth-order valence-corrected chi connectivity index (χ4v) is 2.23. The standard InChI is InChI=1S/C14H18N4O3/c1-7(11-12(15)17-14(16)18-13(11)19)8-4-5-9(20-2)10(6-8)21-3/h4-7H,1-3H3,(H5,15,16,17,18,19). The number of nitrogen functional groups attached to an aromatic ring is 2. The van der Waals surface area contributed by atoms with Crippen molar-refractivity contribution in [2.75, 3.05) is 25.7 Å². The monoisotopic (exact) mass is 290 g/mol. The first-order valence-corrected chi connectivity index (χ1v) is 6.35. The van der Waals surface area contributed by atoms with Gasteiger partial charge in [0.25, 0.3) is 5.56 Å². The summed E-state index contributed by atoms with van der Waals surface area (Å²) in [7, 11) is 3.12. The van der Waals surface area contributed by atoms with Gasteiger partial charge in [-0.05, 0) is 17.7 Å². The van der Waals surface area contributed by atoms with E-state index in [1.165, 1.54) is 0 Å². The summed E-state index contributed by atoms with van der Waals surface area (Å²) in [6.45, 7) is 1.86. The van der Waals surface area contributed by atoms with Gasteiger partial charge in [-0.25, -0.2) is 0 Å². The second-order valence-corrected chi connectivity index (χ2v) is 4.59. The molecule has 0 bridgehead atoms. The second kappa shape index (κ2) is 5.74. The number of anilines is 2. The molecule has 0 fully saturated rings. The minimum atomic E-state index is -0.345. The highest BCUT2D eigenvalue weighted by atomic mass is 16.5. The number of aromatic nitrogens is 2. The average Bonchev–Trinajstić information content (AvgIpc) is 2.45. The lowest BCUT2D eigenvalue weighted by molar-refractivity contribution is 0.354. The fourth-order valence-electron chi connectivity index (χ4n) is 2.23. The summed E-state index contributed by atoms with van der Waals surface area (Å²) >= 11 is 0. The van der Waals surface area contributed by atoms with E-state index in [1.807, 2.05) is 13.0 Å². The molecule has 2 aromatic rings. The Bertz CT molecular complexity index is 712. The van der Waals surface area contributed by atoms with E-state index in [1.54, 1.807) is 26.4 Å². The molecule has 1 aromatic carbocycles. The maximum absolute atomic E-state index is 12.0.